The second kappa shape index (κ2) is 5.54. The Hall–Kier alpha value is -2.02. The van der Waals surface area contributed by atoms with Crippen molar-refractivity contribution in [1.82, 2.24) is 9.97 Å². The van der Waals surface area contributed by atoms with Crippen LogP contribution in [0.4, 0.5) is 11.5 Å². The van der Waals surface area contributed by atoms with Crippen LogP contribution in [0.25, 0.3) is 0 Å². The highest BCUT2D eigenvalue weighted by atomic mass is 32.1. The molecule has 0 radical (unpaired) electrons. The van der Waals surface area contributed by atoms with Crippen LogP contribution < -0.4 is 5.32 Å². The molecule has 2 rings (SSSR count). The van der Waals surface area contributed by atoms with E-state index in [1.54, 1.807) is 17.4 Å². The fourth-order valence-electron chi connectivity index (χ4n) is 1.44. The number of pyridine rings is 1. The van der Waals surface area contributed by atoms with Crippen LogP contribution >= 0.6 is 11.3 Å². The zero-order valence-electron chi connectivity index (χ0n) is 9.79. The molecule has 2 aromatic rings. The quantitative estimate of drug-likeness (QED) is 0.662. The lowest BCUT2D eigenvalue weighted by Gasteiger charge is -2.03. The highest BCUT2D eigenvalue weighted by Gasteiger charge is 2.05. The molecule has 0 atom stereocenters. The van der Waals surface area contributed by atoms with Crippen LogP contribution in [-0.4, -0.2) is 21.4 Å². The maximum absolute atomic E-state index is 10.5. The van der Waals surface area contributed by atoms with Crippen LogP contribution in [0.1, 0.15) is 10.7 Å². The third-order valence-electron chi connectivity index (χ3n) is 2.31. The second-order valence-corrected chi connectivity index (χ2v) is 4.76. The predicted octanol–water partition coefficient (Wildman–Crippen LogP) is 2.41. The largest absolute Gasteiger partial charge is 0.370 e. The summed E-state index contributed by atoms with van der Waals surface area (Å²) in [5.41, 5.74) is 1.04. The van der Waals surface area contributed by atoms with Crippen molar-refractivity contribution in [3.8, 4) is 0 Å². The Morgan fingerprint density at radius 2 is 2.33 bits per heavy atom. The van der Waals surface area contributed by atoms with Gasteiger partial charge in [-0.25, -0.2) is 9.97 Å². The van der Waals surface area contributed by atoms with Gasteiger partial charge in [0.25, 0.3) is 5.69 Å². The SMILES string of the molecule is Cc1nc(CCNc2ccc([N+](=O)[O-])cn2)cs1. The minimum absolute atomic E-state index is 0.00400. The average molecular weight is 264 g/mol. The maximum Gasteiger partial charge on any atom is 0.287 e. The standard InChI is InChI=1S/C11H12N4O2S/c1-8-14-9(7-18-8)4-5-12-11-3-2-10(6-13-11)15(16)17/h2-3,6-7H,4-5H2,1H3,(H,12,13). The van der Waals surface area contributed by atoms with Gasteiger partial charge in [0.15, 0.2) is 0 Å². The molecular weight excluding hydrogens is 252 g/mol. The van der Waals surface area contributed by atoms with E-state index >= 15 is 0 Å². The monoisotopic (exact) mass is 264 g/mol. The number of anilines is 1. The Kier molecular flexibility index (Phi) is 3.83. The number of nitrogens with zero attached hydrogens (tertiary/aromatic N) is 3. The predicted molar refractivity (Wildman–Crippen MR) is 69.9 cm³/mol. The number of aromatic nitrogens is 2. The highest BCUT2D eigenvalue weighted by Crippen LogP contribution is 2.12. The molecule has 7 heteroatoms. The summed E-state index contributed by atoms with van der Waals surface area (Å²) in [5.74, 6) is 0.632. The van der Waals surface area contributed by atoms with E-state index in [9.17, 15) is 10.1 Å². The highest BCUT2D eigenvalue weighted by molar-refractivity contribution is 7.09. The zero-order chi connectivity index (χ0) is 13.0. The first kappa shape index (κ1) is 12.4. The van der Waals surface area contributed by atoms with Gasteiger partial charge in [-0.1, -0.05) is 0 Å². The molecule has 0 saturated carbocycles. The summed E-state index contributed by atoms with van der Waals surface area (Å²) >= 11 is 1.63. The van der Waals surface area contributed by atoms with Crippen molar-refractivity contribution in [2.24, 2.45) is 0 Å². The Morgan fingerprint density at radius 1 is 1.50 bits per heavy atom. The number of thiazole rings is 1. The van der Waals surface area contributed by atoms with E-state index in [2.05, 4.69) is 15.3 Å². The van der Waals surface area contributed by atoms with E-state index in [0.29, 0.717) is 12.4 Å². The summed E-state index contributed by atoms with van der Waals surface area (Å²) in [6.07, 6.45) is 2.05. The van der Waals surface area contributed by atoms with Crippen LogP contribution in [0.5, 0.6) is 0 Å². The molecule has 0 bridgehead atoms. The summed E-state index contributed by atoms with van der Waals surface area (Å²) in [6.45, 7) is 2.67. The topological polar surface area (TPSA) is 81.0 Å². The Labute approximate surface area is 108 Å². The van der Waals surface area contributed by atoms with Gasteiger partial charge < -0.3 is 5.32 Å². The fourth-order valence-corrected chi connectivity index (χ4v) is 2.09. The van der Waals surface area contributed by atoms with Crippen LogP contribution in [0.15, 0.2) is 23.7 Å². The fraction of sp³-hybridized carbons (Fsp3) is 0.273. The number of nitro groups is 1. The molecule has 18 heavy (non-hydrogen) atoms. The van der Waals surface area contributed by atoms with Gasteiger partial charge in [-0.15, -0.1) is 11.3 Å². The van der Waals surface area contributed by atoms with Gasteiger partial charge in [-0.2, -0.15) is 0 Å². The first-order chi connectivity index (χ1) is 8.65. The molecule has 0 spiro atoms. The van der Waals surface area contributed by atoms with Gasteiger partial charge >= 0.3 is 0 Å². The lowest BCUT2D eigenvalue weighted by atomic mass is 10.3. The van der Waals surface area contributed by atoms with Crippen molar-refractivity contribution in [2.45, 2.75) is 13.3 Å². The van der Waals surface area contributed by atoms with Gasteiger partial charge in [-0.3, -0.25) is 10.1 Å². The van der Waals surface area contributed by atoms with E-state index in [0.717, 1.165) is 17.1 Å². The van der Waals surface area contributed by atoms with Gasteiger partial charge in [0.1, 0.15) is 12.0 Å². The van der Waals surface area contributed by atoms with Crippen LogP contribution in [0.2, 0.25) is 0 Å². The molecule has 0 aliphatic carbocycles. The van der Waals surface area contributed by atoms with Gasteiger partial charge in [0, 0.05) is 24.4 Å². The van der Waals surface area contributed by atoms with E-state index in [1.165, 1.54) is 12.3 Å². The molecule has 2 aromatic heterocycles. The van der Waals surface area contributed by atoms with Crippen molar-refractivity contribution in [2.75, 3.05) is 11.9 Å². The van der Waals surface area contributed by atoms with Crippen molar-refractivity contribution >= 4 is 22.8 Å². The molecular formula is C11H12N4O2S. The lowest BCUT2D eigenvalue weighted by molar-refractivity contribution is -0.385. The van der Waals surface area contributed by atoms with Crippen molar-refractivity contribution in [3.05, 3.63) is 44.5 Å². The van der Waals surface area contributed by atoms with Crippen LogP contribution in [0.3, 0.4) is 0 Å². The number of nitrogens with one attached hydrogen (secondary N) is 1. The summed E-state index contributed by atoms with van der Waals surface area (Å²) in [5, 5.41) is 16.6. The average Bonchev–Trinajstić information content (AvgIpc) is 2.76. The molecule has 0 fully saturated rings. The minimum Gasteiger partial charge on any atom is -0.370 e. The third kappa shape index (κ3) is 3.24. The Balaban J connectivity index is 1.85. The Morgan fingerprint density at radius 3 is 2.89 bits per heavy atom. The normalized spacial score (nSPS) is 10.3. The van der Waals surface area contributed by atoms with Crippen LogP contribution in [0, 0.1) is 17.0 Å². The molecule has 0 amide bonds. The van der Waals surface area contributed by atoms with E-state index < -0.39 is 4.92 Å². The molecule has 0 saturated heterocycles. The van der Waals surface area contributed by atoms with Crippen LogP contribution in [-0.2, 0) is 6.42 Å². The molecule has 0 aromatic carbocycles. The second-order valence-electron chi connectivity index (χ2n) is 3.69. The molecule has 2 heterocycles. The van der Waals surface area contributed by atoms with E-state index in [-0.39, 0.29) is 5.69 Å². The molecule has 0 aliphatic heterocycles. The first-order valence-corrected chi connectivity index (χ1v) is 6.28. The van der Waals surface area contributed by atoms with Gasteiger partial charge in [0.2, 0.25) is 0 Å². The summed E-state index contributed by atoms with van der Waals surface area (Å²) < 4.78 is 0. The first-order valence-electron chi connectivity index (χ1n) is 5.40. The number of hydrogen-bond donors (Lipinski definition) is 1. The van der Waals surface area contributed by atoms with E-state index in [1.807, 2.05) is 12.3 Å². The van der Waals surface area contributed by atoms with Crippen molar-refractivity contribution in [3.63, 3.8) is 0 Å². The van der Waals surface area contributed by atoms with Crippen molar-refractivity contribution < 1.29 is 4.92 Å². The molecule has 6 nitrogen and oxygen atoms in total. The molecule has 0 unspecified atom stereocenters. The number of aryl methyl sites for hydroxylation is 1. The van der Waals surface area contributed by atoms with Crippen molar-refractivity contribution in [1.29, 1.82) is 0 Å². The number of hydrogen-bond acceptors (Lipinski definition) is 6. The molecule has 0 aliphatic rings. The lowest BCUT2D eigenvalue weighted by Crippen LogP contribution is -2.06. The smallest absolute Gasteiger partial charge is 0.287 e. The molecule has 1 N–H and O–H groups in total. The zero-order valence-corrected chi connectivity index (χ0v) is 10.6. The summed E-state index contributed by atoms with van der Waals surface area (Å²) in [4.78, 5) is 18.3. The summed E-state index contributed by atoms with van der Waals surface area (Å²) in [6, 6.07) is 3.03. The molecule has 94 valence electrons. The van der Waals surface area contributed by atoms with E-state index in [4.69, 9.17) is 0 Å². The van der Waals surface area contributed by atoms with Gasteiger partial charge in [0.05, 0.1) is 15.6 Å². The maximum atomic E-state index is 10.5. The summed E-state index contributed by atoms with van der Waals surface area (Å²) in [7, 11) is 0. The Bertz CT molecular complexity index is 538. The van der Waals surface area contributed by atoms with Gasteiger partial charge in [-0.05, 0) is 13.0 Å². The minimum atomic E-state index is -0.463. The number of rotatable bonds is 5. The third-order valence-corrected chi connectivity index (χ3v) is 3.13.